The zero-order valence-electron chi connectivity index (χ0n) is 13.1. The smallest absolute Gasteiger partial charge is 0.142 e. The molecule has 0 saturated carbocycles. The predicted octanol–water partition coefficient (Wildman–Crippen LogP) is 3.00. The quantitative estimate of drug-likeness (QED) is 0.652. The number of rotatable bonds is 10. The van der Waals surface area contributed by atoms with Crippen molar-refractivity contribution < 1.29 is 14.6 Å². The van der Waals surface area contributed by atoms with E-state index in [1.54, 1.807) is 6.07 Å². The number of ether oxygens (including phenoxy) is 2. The van der Waals surface area contributed by atoms with Crippen LogP contribution < -0.4 is 10.1 Å². The van der Waals surface area contributed by atoms with Gasteiger partial charge in [-0.05, 0) is 32.9 Å². The highest BCUT2D eigenvalue weighted by atomic mass is 35.5. The van der Waals surface area contributed by atoms with E-state index >= 15 is 0 Å². The van der Waals surface area contributed by atoms with Crippen molar-refractivity contribution in [2.45, 2.75) is 45.9 Å². The average molecular weight is 316 g/mol. The molecule has 1 rings (SSSR count). The first kappa shape index (κ1) is 18.2. The number of aliphatic hydroxyl groups is 1. The summed E-state index contributed by atoms with van der Waals surface area (Å²) in [6, 6.07) is 5.66. The lowest BCUT2D eigenvalue weighted by atomic mass is 10.2. The molecule has 1 aromatic carbocycles. The van der Waals surface area contributed by atoms with Gasteiger partial charge in [0, 0.05) is 12.1 Å². The number of halogens is 1. The molecule has 0 aromatic heterocycles. The average Bonchev–Trinajstić information content (AvgIpc) is 2.44. The Balaban J connectivity index is 2.56. The molecule has 0 aliphatic heterocycles. The molecule has 0 aliphatic carbocycles. The molecule has 1 unspecified atom stereocenters. The third kappa shape index (κ3) is 7.14. The Morgan fingerprint density at radius 3 is 2.71 bits per heavy atom. The molecule has 5 heteroatoms. The lowest BCUT2D eigenvalue weighted by Gasteiger charge is -2.17. The minimum absolute atomic E-state index is 0.0915. The molecule has 0 radical (unpaired) electrons. The largest absolute Gasteiger partial charge is 0.489 e. The first-order valence-electron chi connectivity index (χ1n) is 7.45. The van der Waals surface area contributed by atoms with E-state index in [0.29, 0.717) is 17.3 Å². The van der Waals surface area contributed by atoms with Crippen molar-refractivity contribution in [2.75, 3.05) is 19.8 Å². The number of aliphatic hydroxyl groups excluding tert-OH is 1. The molecule has 0 spiro atoms. The van der Waals surface area contributed by atoms with Crippen LogP contribution in [0.5, 0.6) is 5.75 Å². The van der Waals surface area contributed by atoms with Crippen molar-refractivity contribution in [1.29, 1.82) is 0 Å². The Kier molecular flexibility index (Phi) is 8.69. The molecule has 1 aromatic rings. The van der Waals surface area contributed by atoms with Gasteiger partial charge in [-0.1, -0.05) is 30.7 Å². The van der Waals surface area contributed by atoms with Gasteiger partial charge in [0.2, 0.25) is 0 Å². The molecule has 0 amide bonds. The van der Waals surface area contributed by atoms with Crippen LogP contribution >= 0.6 is 11.6 Å². The van der Waals surface area contributed by atoms with E-state index in [4.69, 9.17) is 21.1 Å². The van der Waals surface area contributed by atoms with Crippen LogP contribution in [-0.2, 0) is 11.3 Å². The fourth-order valence-corrected chi connectivity index (χ4v) is 2.03. The van der Waals surface area contributed by atoms with Crippen LogP contribution in [0.2, 0.25) is 5.02 Å². The van der Waals surface area contributed by atoms with E-state index in [1.165, 1.54) is 0 Å². The van der Waals surface area contributed by atoms with E-state index in [-0.39, 0.29) is 19.3 Å². The number of para-hydroxylation sites is 1. The van der Waals surface area contributed by atoms with Crippen LogP contribution in [0.4, 0.5) is 0 Å². The first-order chi connectivity index (χ1) is 10.0. The van der Waals surface area contributed by atoms with Gasteiger partial charge in [0.15, 0.2) is 0 Å². The van der Waals surface area contributed by atoms with Crippen molar-refractivity contribution >= 4 is 11.6 Å². The van der Waals surface area contributed by atoms with Gasteiger partial charge >= 0.3 is 0 Å². The number of hydrogen-bond acceptors (Lipinski definition) is 4. The Morgan fingerprint density at radius 1 is 1.29 bits per heavy atom. The second-order valence-corrected chi connectivity index (χ2v) is 5.66. The lowest BCUT2D eigenvalue weighted by molar-refractivity contribution is -0.0124. The predicted molar refractivity (Wildman–Crippen MR) is 86.0 cm³/mol. The van der Waals surface area contributed by atoms with Gasteiger partial charge in [-0.2, -0.15) is 0 Å². The minimum atomic E-state index is -0.667. The molecular formula is C16H26ClNO3. The van der Waals surface area contributed by atoms with Crippen LogP contribution in [0.3, 0.4) is 0 Å². The zero-order chi connectivity index (χ0) is 15.7. The van der Waals surface area contributed by atoms with Gasteiger partial charge in [0.05, 0.1) is 17.7 Å². The molecule has 0 heterocycles. The molecule has 120 valence electrons. The highest BCUT2D eigenvalue weighted by Gasteiger charge is 2.12. The third-order valence-electron chi connectivity index (χ3n) is 2.83. The molecule has 0 saturated heterocycles. The summed E-state index contributed by atoms with van der Waals surface area (Å²) in [5, 5.41) is 13.7. The summed E-state index contributed by atoms with van der Waals surface area (Å²) in [5.41, 5.74) is 0.993. The van der Waals surface area contributed by atoms with Crippen molar-refractivity contribution in [3.8, 4) is 5.75 Å². The lowest BCUT2D eigenvalue weighted by Crippen LogP contribution is -2.25. The number of nitrogens with one attached hydrogen (secondary N) is 1. The topological polar surface area (TPSA) is 50.7 Å². The molecule has 21 heavy (non-hydrogen) atoms. The van der Waals surface area contributed by atoms with Gasteiger partial charge in [-0.3, -0.25) is 0 Å². The van der Waals surface area contributed by atoms with Crippen LogP contribution in [0.15, 0.2) is 18.2 Å². The van der Waals surface area contributed by atoms with E-state index in [0.717, 1.165) is 18.5 Å². The fraction of sp³-hybridized carbons (Fsp3) is 0.625. The van der Waals surface area contributed by atoms with Gasteiger partial charge in [-0.15, -0.1) is 0 Å². The van der Waals surface area contributed by atoms with Crippen molar-refractivity contribution in [3.05, 3.63) is 28.8 Å². The molecule has 0 bridgehead atoms. The van der Waals surface area contributed by atoms with Gasteiger partial charge in [-0.25, -0.2) is 0 Å². The summed E-state index contributed by atoms with van der Waals surface area (Å²) in [5.74, 6) is 0.631. The van der Waals surface area contributed by atoms with Crippen molar-refractivity contribution in [1.82, 2.24) is 5.32 Å². The molecule has 0 fully saturated rings. The van der Waals surface area contributed by atoms with Crippen molar-refractivity contribution in [3.63, 3.8) is 0 Å². The highest BCUT2D eigenvalue weighted by molar-refractivity contribution is 6.32. The maximum absolute atomic E-state index is 9.85. The van der Waals surface area contributed by atoms with Gasteiger partial charge in [0.1, 0.15) is 18.5 Å². The summed E-state index contributed by atoms with van der Waals surface area (Å²) in [4.78, 5) is 0. The maximum atomic E-state index is 9.85. The molecule has 4 nitrogen and oxygen atoms in total. The second-order valence-electron chi connectivity index (χ2n) is 5.25. The Morgan fingerprint density at radius 2 is 2.05 bits per heavy atom. The van der Waals surface area contributed by atoms with Gasteiger partial charge in [0.25, 0.3) is 0 Å². The molecule has 0 aliphatic rings. The zero-order valence-corrected chi connectivity index (χ0v) is 13.8. The maximum Gasteiger partial charge on any atom is 0.142 e. The Bertz CT molecular complexity index is 413. The number of hydrogen-bond donors (Lipinski definition) is 2. The summed E-state index contributed by atoms with van der Waals surface area (Å²) < 4.78 is 11.0. The molecule has 2 N–H and O–H groups in total. The Hall–Kier alpha value is -0.810. The van der Waals surface area contributed by atoms with E-state index in [2.05, 4.69) is 12.2 Å². The van der Waals surface area contributed by atoms with Crippen LogP contribution in [0, 0.1) is 0 Å². The normalized spacial score (nSPS) is 12.7. The van der Waals surface area contributed by atoms with Crippen LogP contribution in [0.25, 0.3) is 0 Å². The standard InChI is InChI=1S/C16H26ClNO3/c1-4-8-18-9-13-6-5-7-15(17)16(13)21-11-14(19)10-20-12(2)3/h5-7,12,14,18-19H,4,8-11H2,1-3H3. The van der Waals surface area contributed by atoms with E-state index < -0.39 is 6.10 Å². The Labute approximate surface area is 132 Å². The summed E-state index contributed by atoms with van der Waals surface area (Å²) in [7, 11) is 0. The molecule has 1 atom stereocenters. The summed E-state index contributed by atoms with van der Waals surface area (Å²) in [6.07, 6.45) is 0.496. The minimum Gasteiger partial charge on any atom is -0.489 e. The molecular weight excluding hydrogens is 290 g/mol. The van der Waals surface area contributed by atoms with Gasteiger partial charge < -0.3 is 19.9 Å². The van der Waals surface area contributed by atoms with E-state index in [1.807, 2.05) is 26.0 Å². The number of benzene rings is 1. The van der Waals surface area contributed by atoms with Crippen molar-refractivity contribution in [2.24, 2.45) is 0 Å². The first-order valence-corrected chi connectivity index (χ1v) is 7.83. The monoisotopic (exact) mass is 315 g/mol. The summed E-state index contributed by atoms with van der Waals surface area (Å²) in [6.45, 7) is 8.04. The highest BCUT2D eigenvalue weighted by Crippen LogP contribution is 2.28. The third-order valence-corrected chi connectivity index (χ3v) is 3.13. The second kappa shape index (κ2) is 10.0. The summed E-state index contributed by atoms with van der Waals surface area (Å²) >= 11 is 6.19. The van der Waals surface area contributed by atoms with Crippen LogP contribution in [0.1, 0.15) is 32.8 Å². The van der Waals surface area contributed by atoms with Crippen LogP contribution in [-0.4, -0.2) is 37.1 Å². The SMILES string of the molecule is CCCNCc1cccc(Cl)c1OCC(O)COC(C)C. The fourth-order valence-electron chi connectivity index (χ4n) is 1.79. The van der Waals surface area contributed by atoms with E-state index in [9.17, 15) is 5.11 Å².